The van der Waals surface area contributed by atoms with Crippen LogP contribution in [0.5, 0.6) is 0 Å². The van der Waals surface area contributed by atoms with Crippen molar-refractivity contribution in [1.82, 2.24) is 10.0 Å². The Labute approximate surface area is 199 Å². The second-order valence-electron chi connectivity index (χ2n) is 11.4. The number of ether oxygens (including phenoxy) is 2. The van der Waals surface area contributed by atoms with Gasteiger partial charge in [-0.15, -0.1) is 0 Å². The molecule has 186 valence electrons. The van der Waals surface area contributed by atoms with Crippen LogP contribution in [0.1, 0.15) is 66.4 Å². The molecule has 0 spiro atoms. The van der Waals surface area contributed by atoms with Crippen LogP contribution in [0.4, 0.5) is 19.7 Å². The minimum atomic E-state index is -1.04. The van der Waals surface area contributed by atoms with E-state index in [2.05, 4.69) is 5.32 Å². The minimum absolute atomic E-state index is 0.184. The van der Waals surface area contributed by atoms with E-state index in [1.807, 2.05) is 13.0 Å². The highest BCUT2D eigenvalue weighted by atomic mass is 19.1. The highest BCUT2D eigenvalue weighted by Crippen LogP contribution is 2.54. The molecule has 0 saturated carbocycles. The standard InChI is InChI=1S/C25H34FN3O5/c1-23(2,3)33-21(31)28-20-17(13-16-15-12-14(26)8-9-18(15)27-19(16)20)25(7,10-11-30)29(28)22(32)34-24(4,5)6/h8-9,12-13,16,19-20,27,30H,10-11H2,1-7H3/t16-,19+,20+,25+/m0/s1. The molecule has 2 amide bonds. The number of rotatable bonds is 2. The zero-order chi connectivity index (χ0) is 25.2. The fraction of sp³-hybridized carbons (Fsp3) is 0.600. The third kappa shape index (κ3) is 4.00. The second kappa shape index (κ2) is 7.86. The summed E-state index contributed by atoms with van der Waals surface area (Å²) in [5, 5.41) is 16.0. The molecule has 1 aromatic rings. The predicted molar refractivity (Wildman–Crippen MR) is 125 cm³/mol. The van der Waals surface area contributed by atoms with Gasteiger partial charge in [-0.05, 0) is 84.2 Å². The van der Waals surface area contributed by atoms with Gasteiger partial charge in [-0.25, -0.2) is 24.0 Å². The molecule has 2 heterocycles. The molecule has 4 rings (SSSR count). The van der Waals surface area contributed by atoms with Crippen molar-refractivity contribution in [3.8, 4) is 0 Å². The number of hydrogen-bond donors (Lipinski definition) is 2. The third-order valence-corrected chi connectivity index (χ3v) is 6.41. The van der Waals surface area contributed by atoms with Crippen LogP contribution in [0.15, 0.2) is 29.8 Å². The smallest absolute Gasteiger partial charge is 0.430 e. The second-order valence-corrected chi connectivity index (χ2v) is 11.4. The Balaban J connectivity index is 1.84. The zero-order valence-corrected chi connectivity index (χ0v) is 20.8. The maximum absolute atomic E-state index is 14.1. The fourth-order valence-electron chi connectivity index (χ4n) is 5.19. The number of nitrogens with one attached hydrogen (secondary N) is 1. The average molecular weight is 476 g/mol. The zero-order valence-electron chi connectivity index (χ0n) is 20.8. The van der Waals surface area contributed by atoms with Gasteiger partial charge in [-0.2, -0.15) is 0 Å². The number of carbonyl (C=O) groups excluding carboxylic acids is 2. The fourth-order valence-corrected chi connectivity index (χ4v) is 5.19. The molecule has 1 aromatic carbocycles. The summed E-state index contributed by atoms with van der Waals surface area (Å²) < 4.78 is 25.5. The number of aliphatic hydroxyl groups is 1. The molecule has 0 unspecified atom stereocenters. The van der Waals surface area contributed by atoms with E-state index < -0.39 is 35.0 Å². The summed E-state index contributed by atoms with van der Waals surface area (Å²) in [5.41, 5.74) is -0.274. The largest absolute Gasteiger partial charge is 0.442 e. The minimum Gasteiger partial charge on any atom is -0.442 e. The molecule has 2 aliphatic heterocycles. The SMILES string of the molecule is CC(C)(C)OC(=O)N1[C@@H]2C(=C[C@H]3c4cc(F)ccc4N[C@@H]23)[C@@](C)(CCO)N1C(=O)OC(C)(C)C. The molecule has 0 radical (unpaired) electrons. The highest BCUT2D eigenvalue weighted by molar-refractivity contribution is 5.80. The Morgan fingerprint density at radius 1 is 1.12 bits per heavy atom. The Kier molecular flexibility index (Phi) is 5.63. The van der Waals surface area contributed by atoms with Crippen LogP contribution in [-0.4, -0.2) is 62.7 Å². The van der Waals surface area contributed by atoms with Gasteiger partial charge < -0.3 is 19.9 Å². The van der Waals surface area contributed by atoms with E-state index in [1.165, 1.54) is 22.2 Å². The Morgan fingerprint density at radius 3 is 2.32 bits per heavy atom. The molecule has 8 nitrogen and oxygen atoms in total. The molecule has 34 heavy (non-hydrogen) atoms. The number of carbonyl (C=O) groups is 2. The molecule has 2 N–H and O–H groups in total. The van der Waals surface area contributed by atoms with Crippen LogP contribution in [0.3, 0.4) is 0 Å². The lowest BCUT2D eigenvalue weighted by atomic mass is 9.87. The number of amides is 2. The van der Waals surface area contributed by atoms with Crippen molar-refractivity contribution < 1.29 is 28.6 Å². The predicted octanol–water partition coefficient (Wildman–Crippen LogP) is 4.56. The van der Waals surface area contributed by atoms with Gasteiger partial charge >= 0.3 is 12.2 Å². The summed E-state index contributed by atoms with van der Waals surface area (Å²) in [6, 6.07) is 3.66. The van der Waals surface area contributed by atoms with Gasteiger partial charge in [0.25, 0.3) is 0 Å². The van der Waals surface area contributed by atoms with Crippen LogP contribution in [0.2, 0.25) is 0 Å². The average Bonchev–Trinajstić information content (AvgIpc) is 3.26. The Hall–Kier alpha value is -2.81. The van der Waals surface area contributed by atoms with Gasteiger partial charge in [-0.3, -0.25) is 0 Å². The lowest BCUT2D eigenvalue weighted by Crippen LogP contribution is -2.58. The number of anilines is 1. The van der Waals surface area contributed by atoms with Crippen LogP contribution in [0, 0.1) is 5.82 Å². The van der Waals surface area contributed by atoms with Crippen molar-refractivity contribution in [3.05, 3.63) is 41.2 Å². The number of halogens is 1. The van der Waals surface area contributed by atoms with Gasteiger partial charge in [0, 0.05) is 18.2 Å². The molecule has 1 aliphatic carbocycles. The maximum Gasteiger partial charge on any atom is 0.430 e. The van der Waals surface area contributed by atoms with E-state index in [0.29, 0.717) is 0 Å². The number of fused-ring (bicyclic) bond motifs is 5. The van der Waals surface area contributed by atoms with Crippen molar-refractivity contribution in [2.24, 2.45) is 0 Å². The first-order chi connectivity index (χ1) is 15.7. The molecule has 0 bridgehead atoms. The first kappa shape index (κ1) is 24.3. The molecular formula is C25H34FN3O5. The first-order valence-electron chi connectivity index (χ1n) is 11.6. The van der Waals surface area contributed by atoms with Gasteiger partial charge in [0.05, 0.1) is 11.6 Å². The monoisotopic (exact) mass is 475 g/mol. The Morgan fingerprint density at radius 2 is 1.74 bits per heavy atom. The van der Waals surface area contributed by atoms with Gasteiger partial charge in [0.2, 0.25) is 0 Å². The van der Waals surface area contributed by atoms with Crippen molar-refractivity contribution in [2.45, 2.75) is 89.6 Å². The molecule has 3 aliphatic rings. The van der Waals surface area contributed by atoms with E-state index in [9.17, 15) is 19.1 Å². The maximum atomic E-state index is 14.1. The Bertz CT molecular complexity index is 1040. The van der Waals surface area contributed by atoms with Crippen LogP contribution in [-0.2, 0) is 9.47 Å². The third-order valence-electron chi connectivity index (χ3n) is 6.41. The summed E-state index contributed by atoms with van der Waals surface area (Å²) in [5.74, 6) is -0.538. The summed E-state index contributed by atoms with van der Waals surface area (Å²) in [4.78, 5) is 27.1. The highest BCUT2D eigenvalue weighted by Gasteiger charge is 2.63. The van der Waals surface area contributed by atoms with Gasteiger partial charge in [-0.1, -0.05) is 6.08 Å². The van der Waals surface area contributed by atoms with E-state index >= 15 is 0 Å². The summed E-state index contributed by atoms with van der Waals surface area (Å²) >= 11 is 0. The number of hydrazine groups is 1. The van der Waals surface area contributed by atoms with Crippen molar-refractivity contribution in [1.29, 1.82) is 0 Å². The summed E-state index contributed by atoms with van der Waals surface area (Å²) in [6.45, 7) is 12.1. The van der Waals surface area contributed by atoms with Crippen LogP contribution in [0.25, 0.3) is 0 Å². The lowest BCUT2D eigenvalue weighted by Gasteiger charge is -2.41. The first-order valence-corrected chi connectivity index (χ1v) is 11.6. The van der Waals surface area contributed by atoms with Crippen molar-refractivity contribution in [2.75, 3.05) is 11.9 Å². The van der Waals surface area contributed by atoms with E-state index in [1.54, 1.807) is 47.6 Å². The molecule has 9 heteroatoms. The van der Waals surface area contributed by atoms with E-state index in [-0.39, 0.29) is 30.8 Å². The van der Waals surface area contributed by atoms with Gasteiger partial charge in [0.15, 0.2) is 0 Å². The molecular weight excluding hydrogens is 441 g/mol. The lowest BCUT2D eigenvalue weighted by molar-refractivity contribution is -0.0823. The van der Waals surface area contributed by atoms with Crippen molar-refractivity contribution in [3.63, 3.8) is 0 Å². The number of benzene rings is 1. The summed E-state index contributed by atoms with van der Waals surface area (Å²) in [7, 11) is 0. The molecule has 1 saturated heterocycles. The van der Waals surface area contributed by atoms with E-state index in [0.717, 1.165) is 16.8 Å². The molecule has 0 aromatic heterocycles. The number of nitrogens with zero attached hydrogens (tertiary/aromatic N) is 2. The number of aliphatic hydroxyl groups excluding tert-OH is 1. The van der Waals surface area contributed by atoms with Gasteiger partial charge in [0.1, 0.15) is 23.1 Å². The molecule has 1 fully saturated rings. The van der Waals surface area contributed by atoms with Crippen molar-refractivity contribution >= 4 is 17.9 Å². The quantitative estimate of drug-likeness (QED) is 0.610. The topological polar surface area (TPSA) is 91.3 Å². The normalized spacial score (nSPS) is 27.6. The summed E-state index contributed by atoms with van der Waals surface area (Å²) in [6.07, 6.45) is 0.775. The molecule has 4 atom stereocenters. The number of hydrogen-bond acceptors (Lipinski definition) is 6. The van der Waals surface area contributed by atoms with E-state index in [4.69, 9.17) is 9.47 Å². The van der Waals surface area contributed by atoms with Crippen LogP contribution >= 0.6 is 0 Å². The van der Waals surface area contributed by atoms with Crippen LogP contribution < -0.4 is 5.32 Å².